The average molecular weight is 324 g/mol. The third-order valence-electron chi connectivity index (χ3n) is 4.53. The molecule has 0 aliphatic rings. The van der Waals surface area contributed by atoms with Crippen LogP contribution in [0.2, 0.25) is 0 Å². The summed E-state index contributed by atoms with van der Waals surface area (Å²) in [7, 11) is 0. The Bertz CT molecular complexity index is 867. The van der Waals surface area contributed by atoms with Crippen LogP contribution in [-0.4, -0.2) is 22.2 Å². The van der Waals surface area contributed by atoms with Gasteiger partial charge in [-0.3, -0.25) is 4.79 Å². The van der Waals surface area contributed by atoms with E-state index in [0.29, 0.717) is 12.8 Å². The Morgan fingerprint density at radius 2 is 1.92 bits per heavy atom. The van der Waals surface area contributed by atoms with Crippen LogP contribution in [0.5, 0.6) is 0 Å². The van der Waals surface area contributed by atoms with Crippen molar-refractivity contribution in [2.24, 2.45) is 5.92 Å². The van der Waals surface area contributed by atoms with Crippen LogP contribution in [0.3, 0.4) is 0 Å². The number of hydrogen-bond acceptors (Lipinski definition) is 2. The predicted octanol–water partition coefficient (Wildman–Crippen LogP) is 4.16. The van der Waals surface area contributed by atoms with Crippen molar-refractivity contribution in [1.29, 1.82) is 0 Å². The van der Waals surface area contributed by atoms with Gasteiger partial charge in [-0.2, -0.15) is 0 Å². The number of nitrogens with zero attached hydrogens (tertiary/aromatic N) is 1. The number of rotatable bonds is 6. The number of aryl methyl sites for hydroxylation is 1. The molecule has 1 heterocycles. The quantitative estimate of drug-likeness (QED) is 0.715. The molecule has 0 saturated carbocycles. The lowest BCUT2D eigenvalue weighted by molar-refractivity contribution is -0.117. The first-order valence-corrected chi connectivity index (χ1v) is 8.55. The van der Waals surface area contributed by atoms with Crippen LogP contribution in [0.25, 0.3) is 21.8 Å². The summed E-state index contributed by atoms with van der Waals surface area (Å²) in [6, 6.07) is 14.4. The number of amides is 1. The summed E-state index contributed by atoms with van der Waals surface area (Å²) in [6.07, 6.45) is 1.08. The molecule has 2 N–H and O–H groups in total. The molecule has 2 aromatic carbocycles. The Kier molecular flexibility index (Phi) is 4.86. The second-order valence-electron chi connectivity index (χ2n) is 6.36. The number of aliphatic hydroxyl groups excluding tert-OH is 1. The third-order valence-corrected chi connectivity index (χ3v) is 4.53. The average Bonchev–Trinajstić information content (AvgIpc) is 2.88. The topological polar surface area (TPSA) is 54.3 Å². The number of hydrogen-bond donors (Lipinski definition) is 2. The molecule has 0 saturated heterocycles. The minimum absolute atomic E-state index is 0.00507. The van der Waals surface area contributed by atoms with Crippen molar-refractivity contribution in [2.45, 2.75) is 33.2 Å². The van der Waals surface area contributed by atoms with Crippen LogP contribution in [-0.2, 0) is 11.3 Å². The Labute approximate surface area is 142 Å². The maximum atomic E-state index is 12.2. The van der Waals surface area contributed by atoms with Gasteiger partial charge in [-0.15, -0.1) is 0 Å². The maximum Gasteiger partial charge on any atom is 0.224 e. The molecule has 24 heavy (non-hydrogen) atoms. The Hall–Kier alpha value is -2.33. The van der Waals surface area contributed by atoms with Crippen molar-refractivity contribution >= 4 is 33.4 Å². The van der Waals surface area contributed by atoms with Gasteiger partial charge in [-0.1, -0.05) is 25.1 Å². The van der Waals surface area contributed by atoms with Gasteiger partial charge in [0.1, 0.15) is 0 Å². The largest absolute Gasteiger partial charge is 0.396 e. The highest BCUT2D eigenvalue weighted by molar-refractivity contribution is 6.09. The number of nitrogens with one attached hydrogen (secondary N) is 1. The van der Waals surface area contributed by atoms with Gasteiger partial charge in [0.2, 0.25) is 5.91 Å². The molecule has 0 fully saturated rings. The van der Waals surface area contributed by atoms with Gasteiger partial charge in [0.25, 0.3) is 0 Å². The van der Waals surface area contributed by atoms with E-state index in [2.05, 4.69) is 47.1 Å². The molecule has 3 aromatic rings. The molecule has 4 nitrogen and oxygen atoms in total. The van der Waals surface area contributed by atoms with E-state index in [4.69, 9.17) is 5.11 Å². The number of anilines is 1. The fourth-order valence-electron chi connectivity index (χ4n) is 3.32. The van der Waals surface area contributed by atoms with Gasteiger partial charge < -0.3 is 15.0 Å². The lowest BCUT2D eigenvalue weighted by atomic mass is 10.0. The minimum Gasteiger partial charge on any atom is -0.396 e. The SMILES string of the molecule is CCn1c2ccccc2c2cc(NC(=O)C[C@H](C)CCO)ccc21. The van der Waals surface area contributed by atoms with E-state index in [9.17, 15) is 4.79 Å². The molecule has 0 radical (unpaired) electrons. The summed E-state index contributed by atoms with van der Waals surface area (Å²) in [5.41, 5.74) is 3.23. The van der Waals surface area contributed by atoms with Gasteiger partial charge >= 0.3 is 0 Å². The van der Waals surface area contributed by atoms with Gasteiger partial charge in [-0.25, -0.2) is 0 Å². The van der Waals surface area contributed by atoms with Gasteiger partial charge in [0.05, 0.1) is 0 Å². The Balaban J connectivity index is 1.91. The summed E-state index contributed by atoms with van der Waals surface area (Å²) >= 11 is 0. The number of carbonyl (C=O) groups is 1. The molecular formula is C20H24N2O2. The molecule has 4 heteroatoms. The van der Waals surface area contributed by atoms with E-state index < -0.39 is 0 Å². The lowest BCUT2D eigenvalue weighted by Gasteiger charge is -2.10. The first kappa shape index (κ1) is 16.5. The molecular weight excluding hydrogens is 300 g/mol. The minimum atomic E-state index is -0.00507. The third kappa shape index (κ3) is 3.15. The zero-order valence-corrected chi connectivity index (χ0v) is 14.2. The van der Waals surface area contributed by atoms with E-state index >= 15 is 0 Å². The van der Waals surface area contributed by atoms with Crippen LogP contribution in [0, 0.1) is 5.92 Å². The number of aliphatic hydroxyl groups is 1. The molecule has 0 aliphatic heterocycles. The van der Waals surface area contributed by atoms with E-state index in [1.807, 2.05) is 19.1 Å². The van der Waals surface area contributed by atoms with E-state index in [-0.39, 0.29) is 18.4 Å². The van der Waals surface area contributed by atoms with Gasteiger partial charge in [0, 0.05) is 47.1 Å². The summed E-state index contributed by atoms with van der Waals surface area (Å²) < 4.78 is 2.29. The molecule has 1 aromatic heterocycles. The van der Waals surface area contributed by atoms with Crippen molar-refractivity contribution in [3.05, 3.63) is 42.5 Å². The fourth-order valence-corrected chi connectivity index (χ4v) is 3.32. The summed E-state index contributed by atoms with van der Waals surface area (Å²) in [5, 5.41) is 14.3. The van der Waals surface area contributed by atoms with Crippen molar-refractivity contribution in [3.8, 4) is 0 Å². The highest BCUT2D eigenvalue weighted by Crippen LogP contribution is 2.31. The Morgan fingerprint density at radius 3 is 2.67 bits per heavy atom. The zero-order chi connectivity index (χ0) is 17.1. The zero-order valence-electron chi connectivity index (χ0n) is 14.2. The number of aromatic nitrogens is 1. The first-order chi connectivity index (χ1) is 11.6. The molecule has 126 valence electrons. The molecule has 0 spiro atoms. The summed E-state index contributed by atoms with van der Waals surface area (Å²) in [5.74, 6) is 0.176. The van der Waals surface area contributed by atoms with Crippen LogP contribution in [0.1, 0.15) is 26.7 Å². The van der Waals surface area contributed by atoms with Crippen molar-refractivity contribution < 1.29 is 9.90 Å². The molecule has 1 atom stereocenters. The van der Waals surface area contributed by atoms with Crippen LogP contribution >= 0.6 is 0 Å². The Morgan fingerprint density at radius 1 is 1.17 bits per heavy atom. The smallest absolute Gasteiger partial charge is 0.224 e. The monoisotopic (exact) mass is 324 g/mol. The second kappa shape index (κ2) is 7.05. The molecule has 3 rings (SSSR count). The van der Waals surface area contributed by atoms with Crippen LogP contribution < -0.4 is 5.32 Å². The van der Waals surface area contributed by atoms with Crippen molar-refractivity contribution in [1.82, 2.24) is 4.57 Å². The predicted molar refractivity (Wildman–Crippen MR) is 99.2 cm³/mol. The number of benzene rings is 2. The van der Waals surface area contributed by atoms with E-state index in [1.54, 1.807) is 0 Å². The van der Waals surface area contributed by atoms with E-state index in [0.717, 1.165) is 17.6 Å². The highest BCUT2D eigenvalue weighted by Gasteiger charge is 2.12. The second-order valence-corrected chi connectivity index (χ2v) is 6.36. The van der Waals surface area contributed by atoms with Crippen molar-refractivity contribution in [2.75, 3.05) is 11.9 Å². The summed E-state index contributed by atoms with van der Waals surface area (Å²) in [4.78, 5) is 12.2. The number of fused-ring (bicyclic) bond motifs is 3. The van der Waals surface area contributed by atoms with E-state index in [1.165, 1.54) is 16.4 Å². The molecule has 0 unspecified atom stereocenters. The highest BCUT2D eigenvalue weighted by atomic mass is 16.3. The van der Waals surface area contributed by atoms with Crippen LogP contribution in [0.4, 0.5) is 5.69 Å². The van der Waals surface area contributed by atoms with Crippen molar-refractivity contribution in [3.63, 3.8) is 0 Å². The molecule has 0 aliphatic carbocycles. The summed E-state index contributed by atoms with van der Waals surface area (Å²) in [6.45, 7) is 5.16. The maximum absolute atomic E-state index is 12.2. The fraction of sp³-hybridized carbons (Fsp3) is 0.350. The van der Waals surface area contributed by atoms with Crippen LogP contribution in [0.15, 0.2) is 42.5 Å². The standard InChI is InChI=1S/C20H24N2O2/c1-3-22-18-7-5-4-6-16(18)17-13-15(8-9-19(17)22)21-20(24)12-14(2)10-11-23/h4-9,13-14,23H,3,10-12H2,1-2H3,(H,21,24)/t14-/m1/s1. The number of carbonyl (C=O) groups excluding carboxylic acids is 1. The number of para-hydroxylation sites is 1. The molecule has 1 amide bonds. The molecule has 0 bridgehead atoms. The first-order valence-electron chi connectivity index (χ1n) is 8.55. The van der Waals surface area contributed by atoms with Gasteiger partial charge in [-0.05, 0) is 43.5 Å². The normalized spacial score (nSPS) is 12.6. The van der Waals surface area contributed by atoms with Gasteiger partial charge in [0.15, 0.2) is 0 Å². The lowest BCUT2D eigenvalue weighted by Crippen LogP contribution is -2.15.